The van der Waals surface area contributed by atoms with Crippen LogP contribution in [-0.4, -0.2) is 32.2 Å². The van der Waals surface area contributed by atoms with Crippen LogP contribution in [0.3, 0.4) is 0 Å². The van der Waals surface area contributed by atoms with Crippen molar-refractivity contribution in [2.75, 3.05) is 0 Å². The van der Waals surface area contributed by atoms with Crippen LogP contribution in [0.4, 0.5) is 11.4 Å². The van der Waals surface area contributed by atoms with Gasteiger partial charge >= 0.3 is 5.69 Å². The molecule has 0 spiro atoms. The number of nitro benzene ring substituents is 1. The third kappa shape index (κ3) is 3.27. The summed E-state index contributed by atoms with van der Waals surface area (Å²) in [6, 6.07) is 5.44. The Kier molecular flexibility index (Phi) is 4.17. The van der Waals surface area contributed by atoms with E-state index in [1.807, 2.05) is 0 Å². The molecule has 1 amide bonds. The van der Waals surface area contributed by atoms with Crippen LogP contribution < -0.4 is 5.43 Å². The van der Waals surface area contributed by atoms with Crippen LogP contribution in [0.1, 0.15) is 16.1 Å². The Labute approximate surface area is 121 Å². The van der Waals surface area contributed by atoms with Crippen molar-refractivity contribution in [3.8, 4) is 0 Å². The number of amides is 1. The van der Waals surface area contributed by atoms with Crippen molar-refractivity contribution in [2.24, 2.45) is 5.10 Å². The molecular weight excluding hydrogens is 296 g/mol. The van der Waals surface area contributed by atoms with Crippen LogP contribution in [-0.2, 0) is 0 Å². The minimum Gasteiger partial charge on any atom is -0.267 e. The molecule has 0 saturated carbocycles. The first kappa shape index (κ1) is 14.8. The molecule has 0 aliphatic rings. The summed E-state index contributed by atoms with van der Waals surface area (Å²) in [4.78, 5) is 31.5. The van der Waals surface area contributed by atoms with Gasteiger partial charge in [0.05, 0.1) is 16.1 Å². The number of nitrogens with zero attached hydrogens (tertiary/aromatic N) is 4. The molecule has 0 bridgehead atoms. The number of nitro groups is 2. The van der Waals surface area contributed by atoms with Crippen molar-refractivity contribution >= 4 is 23.5 Å². The second-order valence-corrected chi connectivity index (χ2v) is 3.94. The minimum absolute atomic E-state index is 0.0747. The van der Waals surface area contributed by atoms with E-state index in [0.717, 1.165) is 6.20 Å². The fourth-order valence-electron chi connectivity index (χ4n) is 1.49. The molecule has 0 radical (unpaired) electrons. The summed E-state index contributed by atoms with van der Waals surface area (Å²) < 4.78 is 0. The maximum Gasteiger partial charge on any atom is 0.319 e. The number of non-ortho nitro benzene ring substituents is 1. The van der Waals surface area contributed by atoms with Gasteiger partial charge in [0.1, 0.15) is 6.20 Å². The molecule has 0 aliphatic heterocycles. The normalized spacial score (nSPS) is 10.5. The molecule has 11 nitrogen and oxygen atoms in total. The Morgan fingerprint density at radius 1 is 1.23 bits per heavy atom. The van der Waals surface area contributed by atoms with Gasteiger partial charge in [0.2, 0.25) is 5.69 Å². The first-order valence-corrected chi connectivity index (χ1v) is 5.74. The van der Waals surface area contributed by atoms with Crippen LogP contribution in [0.5, 0.6) is 0 Å². The lowest BCUT2D eigenvalue weighted by atomic mass is 10.2. The largest absolute Gasteiger partial charge is 0.319 e. The molecule has 2 N–H and O–H groups in total. The maximum absolute atomic E-state index is 11.7. The second-order valence-electron chi connectivity index (χ2n) is 3.94. The van der Waals surface area contributed by atoms with Crippen molar-refractivity contribution < 1.29 is 14.6 Å². The highest BCUT2D eigenvalue weighted by Crippen LogP contribution is 2.14. The van der Waals surface area contributed by atoms with Gasteiger partial charge in [-0.2, -0.15) is 10.2 Å². The van der Waals surface area contributed by atoms with Crippen molar-refractivity contribution in [1.82, 2.24) is 15.6 Å². The number of rotatable bonds is 5. The van der Waals surface area contributed by atoms with Gasteiger partial charge in [-0.3, -0.25) is 30.1 Å². The Balaban J connectivity index is 2.02. The highest BCUT2D eigenvalue weighted by Gasteiger charge is 2.22. The van der Waals surface area contributed by atoms with Gasteiger partial charge in [-0.25, -0.2) is 5.43 Å². The van der Waals surface area contributed by atoms with Gasteiger partial charge in [0, 0.05) is 12.1 Å². The third-order valence-corrected chi connectivity index (χ3v) is 2.53. The Morgan fingerprint density at radius 3 is 2.50 bits per heavy atom. The van der Waals surface area contributed by atoms with Crippen LogP contribution >= 0.6 is 0 Å². The summed E-state index contributed by atoms with van der Waals surface area (Å²) in [5.74, 6) is -0.831. The molecule has 0 atom stereocenters. The van der Waals surface area contributed by atoms with E-state index in [2.05, 4.69) is 20.7 Å². The fourth-order valence-corrected chi connectivity index (χ4v) is 1.49. The zero-order valence-electron chi connectivity index (χ0n) is 10.8. The van der Waals surface area contributed by atoms with E-state index in [9.17, 15) is 25.0 Å². The van der Waals surface area contributed by atoms with Gasteiger partial charge in [0.25, 0.3) is 11.6 Å². The molecule has 2 aromatic rings. The van der Waals surface area contributed by atoms with E-state index in [-0.39, 0.29) is 11.4 Å². The van der Waals surface area contributed by atoms with Crippen molar-refractivity contribution in [3.05, 3.63) is 61.9 Å². The molecule has 0 saturated heterocycles. The van der Waals surface area contributed by atoms with E-state index in [4.69, 9.17) is 0 Å². The molecule has 1 heterocycles. The predicted molar refractivity (Wildman–Crippen MR) is 73.4 cm³/mol. The average molecular weight is 304 g/mol. The number of carbonyl (C=O) groups is 1. The molecule has 11 heteroatoms. The van der Waals surface area contributed by atoms with Crippen LogP contribution in [0.25, 0.3) is 0 Å². The lowest BCUT2D eigenvalue weighted by Gasteiger charge is -1.96. The average Bonchev–Trinajstić information content (AvgIpc) is 2.97. The number of aromatic nitrogens is 2. The number of nitrogens with one attached hydrogen (secondary N) is 2. The monoisotopic (exact) mass is 304 g/mol. The van der Waals surface area contributed by atoms with Gasteiger partial charge in [-0.1, -0.05) is 0 Å². The van der Waals surface area contributed by atoms with E-state index >= 15 is 0 Å². The standard InChI is InChI=1S/C11H8N6O5/c18-11(10-9(17(21)22)6-13-14-10)15-12-5-7-1-3-8(4-2-7)16(19)20/h1-6H,(H,13,14)(H,15,18). The Bertz CT molecular complexity index is 751. The quantitative estimate of drug-likeness (QED) is 0.476. The summed E-state index contributed by atoms with van der Waals surface area (Å²) in [7, 11) is 0. The minimum atomic E-state index is -0.831. The lowest BCUT2D eigenvalue weighted by Crippen LogP contribution is -2.19. The number of hydrogen-bond donors (Lipinski definition) is 2. The molecule has 2 rings (SSSR count). The van der Waals surface area contributed by atoms with Crippen LogP contribution in [0.2, 0.25) is 0 Å². The van der Waals surface area contributed by atoms with Crippen molar-refractivity contribution in [3.63, 3.8) is 0 Å². The second kappa shape index (κ2) is 6.21. The topological polar surface area (TPSA) is 156 Å². The number of hydrogen-bond acceptors (Lipinski definition) is 7. The summed E-state index contributed by atoms with van der Waals surface area (Å²) in [5, 5.41) is 30.4. The third-order valence-electron chi connectivity index (χ3n) is 2.53. The zero-order chi connectivity index (χ0) is 16.1. The summed E-state index contributed by atoms with van der Waals surface area (Å²) in [5.41, 5.74) is 1.72. The first-order valence-electron chi connectivity index (χ1n) is 5.74. The first-order chi connectivity index (χ1) is 10.5. The fraction of sp³-hybridized carbons (Fsp3) is 0. The molecule has 0 unspecified atom stereocenters. The van der Waals surface area contributed by atoms with Gasteiger partial charge in [0.15, 0.2) is 0 Å². The number of H-pyrrole nitrogens is 1. The summed E-state index contributed by atoms with van der Waals surface area (Å²) in [6.07, 6.45) is 2.15. The number of carbonyl (C=O) groups excluding carboxylic acids is 1. The SMILES string of the molecule is O=C(NN=Cc1ccc([N+](=O)[O-])cc1)c1[nH]ncc1[N+](=O)[O-]. The molecule has 112 valence electrons. The highest BCUT2D eigenvalue weighted by atomic mass is 16.6. The Hall–Kier alpha value is -3.63. The van der Waals surface area contributed by atoms with Gasteiger partial charge in [-0.15, -0.1) is 0 Å². The van der Waals surface area contributed by atoms with Crippen LogP contribution in [0.15, 0.2) is 35.6 Å². The van der Waals surface area contributed by atoms with Crippen molar-refractivity contribution in [1.29, 1.82) is 0 Å². The van der Waals surface area contributed by atoms with Crippen LogP contribution in [0, 0.1) is 20.2 Å². The number of hydrazone groups is 1. The highest BCUT2D eigenvalue weighted by molar-refractivity contribution is 5.96. The van der Waals surface area contributed by atoms with Gasteiger partial charge < -0.3 is 0 Å². The van der Waals surface area contributed by atoms with E-state index < -0.39 is 21.4 Å². The predicted octanol–water partition coefficient (Wildman–Crippen LogP) is 0.990. The Morgan fingerprint density at radius 2 is 1.91 bits per heavy atom. The smallest absolute Gasteiger partial charge is 0.267 e. The zero-order valence-corrected chi connectivity index (χ0v) is 10.8. The van der Waals surface area contributed by atoms with Crippen molar-refractivity contribution in [2.45, 2.75) is 0 Å². The molecule has 0 fully saturated rings. The molecule has 22 heavy (non-hydrogen) atoms. The van der Waals surface area contributed by atoms with E-state index in [0.29, 0.717) is 5.56 Å². The number of benzene rings is 1. The lowest BCUT2D eigenvalue weighted by molar-refractivity contribution is -0.385. The number of aromatic amines is 1. The van der Waals surface area contributed by atoms with E-state index in [1.54, 1.807) is 0 Å². The van der Waals surface area contributed by atoms with E-state index in [1.165, 1.54) is 30.5 Å². The molecule has 1 aromatic carbocycles. The van der Waals surface area contributed by atoms with Gasteiger partial charge in [-0.05, 0) is 17.7 Å². The molecular formula is C11H8N6O5. The molecule has 1 aromatic heterocycles. The summed E-state index contributed by atoms with van der Waals surface area (Å²) >= 11 is 0. The summed E-state index contributed by atoms with van der Waals surface area (Å²) in [6.45, 7) is 0. The maximum atomic E-state index is 11.7. The molecule has 0 aliphatic carbocycles.